The summed E-state index contributed by atoms with van der Waals surface area (Å²) in [4.78, 5) is 12.3. The number of rotatable bonds is 10. The minimum absolute atomic E-state index is 0.0729. The van der Waals surface area contributed by atoms with Gasteiger partial charge in [0.1, 0.15) is 5.60 Å². The molecule has 4 aliphatic carbocycles. The van der Waals surface area contributed by atoms with E-state index in [4.69, 9.17) is 14.2 Å². The quantitative estimate of drug-likeness (QED) is 0.287. The van der Waals surface area contributed by atoms with Crippen LogP contribution in [0, 0.1) is 11.8 Å². The molecule has 1 heterocycles. The standard InChI is InChI=1S/C24H38O4/c1-4-5-7-22(9-11-27-22)8-6-10-26-23-13-19-12-20(14-23)16-24(15-19,17-23)28-21(25)18(2)3/h19-20H,2,4-17H2,1,3H3. The molecule has 3 unspecified atom stereocenters. The van der Waals surface area contributed by atoms with Crippen molar-refractivity contribution in [2.45, 2.75) is 108 Å². The zero-order chi connectivity index (χ0) is 19.8. The van der Waals surface area contributed by atoms with E-state index in [1.54, 1.807) is 6.92 Å². The fourth-order valence-corrected chi connectivity index (χ4v) is 6.76. The Bertz CT molecular complexity index is 592. The highest BCUT2D eigenvalue weighted by Crippen LogP contribution is 2.60. The lowest BCUT2D eigenvalue weighted by molar-refractivity contribution is -0.233. The summed E-state index contributed by atoms with van der Waals surface area (Å²) in [5.74, 6) is 1.06. The van der Waals surface area contributed by atoms with Crippen molar-refractivity contribution in [3.63, 3.8) is 0 Å². The topological polar surface area (TPSA) is 44.8 Å². The van der Waals surface area contributed by atoms with E-state index in [2.05, 4.69) is 13.5 Å². The second-order valence-corrected chi connectivity index (χ2v) is 10.3. The number of carbonyl (C=O) groups is 1. The molecule has 0 N–H and O–H groups in total. The van der Waals surface area contributed by atoms with Crippen molar-refractivity contribution in [2.75, 3.05) is 13.2 Å². The van der Waals surface area contributed by atoms with Gasteiger partial charge in [-0.15, -0.1) is 0 Å². The Morgan fingerprint density at radius 2 is 1.75 bits per heavy atom. The first-order valence-corrected chi connectivity index (χ1v) is 11.5. The monoisotopic (exact) mass is 390 g/mol. The van der Waals surface area contributed by atoms with Crippen LogP contribution in [0.1, 0.15) is 90.9 Å². The van der Waals surface area contributed by atoms with Gasteiger partial charge in [-0.1, -0.05) is 26.3 Å². The minimum atomic E-state index is -0.306. The van der Waals surface area contributed by atoms with Gasteiger partial charge in [-0.05, 0) is 76.5 Å². The molecule has 0 radical (unpaired) electrons. The lowest BCUT2D eigenvalue weighted by Gasteiger charge is -2.60. The van der Waals surface area contributed by atoms with Gasteiger partial charge < -0.3 is 14.2 Å². The lowest BCUT2D eigenvalue weighted by Crippen LogP contribution is -2.61. The van der Waals surface area contributed by atoms with Crippen molar-refractivity contribution < 1.29 is 19.0 Å². The van der Waals surface area contributed by atoms with Crippen LogP contribution in [0.2, 0.25) is 0 Å². The second-order valence-electron chi connectivity index (χ2n) is 10.3. The number of carbonyl (C=O) groups excluding carboxylic acids is 1. The van der Waals surface area contributed by atoms with Crippen molar-refractivity contribution in [1.82, 2.24) is 0 Å². The van der Waals surface area contributed by atoms with E-state index in [1.807, 2.05) is 0 Å². The molecule has 0 amide bonds. The molecule has 28 heavy (non-hydrogen) atoms. The van der Waals surface area contributed by atoms with Gasteiger partial charge in [0.05, 0.1) is 17.8 Å². The predicted molar refractivity (Wildman–Crippen MR) is 109 cm³/mol. The van der Waals surface area contributed by atoms with Gasteiger partial charge in [0, 0.05) is 18.6 Å². The average Bonchev–Trinajstić information content (AvgIpc) is 2.58. The number of ether oxygens (including phenoxy) is 3. The highest BCUT2D eigenvalue weighted by Gasteiger charge is 2.60. The van der Waals surface area contributed by atoms with Gasteiger partial charge in [0.2, 0.25) is 0 Å². The Morgan fingerprint density at radius 3 is 2.32 bits per heavy atom. The molecule has 0 aromatic carbocycles. The molecular weight excluding hydrogens is 352 g/mol. The molecule has 4 bridgehead atoms. The van der Waals surface area contributed by atoms with E-state index in [1.165, 1.54) is 32.1 Å². The van der Waals surface area contributed by atoms with Crippen molar-refractivity contribution in [3.05, 3.63) is 12.2 Å². The molecule has 4 heteroatoms. The Hall–Kier alpha value is -0.870. The normalized spacial score (nSPS) is 40.9. The van der Waals surface area contributed by atoms with E-state index in [-0.39, 0.29) is 22.8 Å². The Morgan fingerprint density at radius 1 is 1.11 bits per heavy atom. The maximum absolute atomic E-state index is 12.3. The molecule has 1 saturated heterocycles. The van der Waals surface area contributed by atoms with Crippen LogP contribution in [0.5, 0.6) is 0 Å². The van der Waals surface area contributed by atoms with Gasteiger partial charge >= 0.3 is 5.97 Å². The van der Waals surface area contributed by atoms with E-state index >= 15 is 0 Å². The summed E-state index contributed by atoms with van der Waals surface area (Å²) in [6, 6.07) is 0. The summed E-state index contributed by atoms with van der Waals surface area (Å²) in [6.45, 7) is 9.49. The van der Waals surface area contributed by atoms with Crippen LogP contribution in [0.3, 0.4) is 0 Å². The summed E-state index contributed by atoms with van der Waals surface area (Å²) in [6.07, 6.45) is 13.6. The van der Waals surface area contributed by atoms with Crippen LogP contribution < -0.4 is 0 Å². The Balaban J connectivity index is 1.33. The molecule has 0 aromatic rings. The molecule has 1 aliphatic heterocycles. The zero-order valence-electron chi connectivity index (χ0n) is 17.9. The van der Waals surface area contributed by atoms with Crippen LogP contribution in [0.25, 0.3) is 0 Å². The second kappa shape index (κ2) is 7.75. The van der Waals surface area contributed by atoms with Gasteiger partial charge in [0.15, 0.2) is 0 Å². The molecule has 4 saturated carbocycles. The van der Waals surface area contributed by atoms with Crippen LogP contribution in [-0.2, 0) is 19.0 Å². The van der Waals surface area contributed by atoms with E-state index < -0.39 is 0 Å². The fraction of sp³-hybridized carbons (Fsp3) is 0.875. The number of esters is 1. The first kappa shape index (κ1) is 20.4. The molecular formula is C24H38O4. The molecule has 5 aliphatic rings. The molecule has 5 rings (SSSR count). The highest BCUT2D eigenvalue weighted by molar-refractivity contribution is 5.87. The zero-order valence-corrected chi connectivity index (χ0v) is 17.9. The summed E-state index contributed by atoms with van der Waals surface area (Å²) in [5, 5.41) is 0. The molecule has 0 aromatic heterocycles. The predicted octanol–water partition coefficient (Wildman–Crippen LogP) is 5.34. The van der Waals surface area contributed by atoms with Crippen molar-refractivity contribution in [2.24, 2.45) is 11.8 Å². The van der Waals surface area contributed by atoms with Crippen molar-refractivity contribution >= 4 is 5.97 Å². The number of hydrogen-bond donors (Lipinski definition) is 0. The largest absolute Gasteiger partial charge is 0.456 e. The smallest absolute Gasteiger partial charge is 0.333 e. The molecule has 0 spiro atoms. The third-order valence-electron chi connectivity index (χ3n) is 7.75. The van der Waals surface area contributed by atoms with E-state index in [0.717, 1.165) is 58.2 Å². The van der Waals surface area contributed by atoms with Crippen LogP contribution in [0.4, 0.5) is 0 Å². The molecule has 3 atom stereocenters. The third-order valence-corrected chi connectivity index (χ3v) is 7.75. The van der Waals surface area contributed by atoms with Gasteiger partial charge in [-0.25, -0.2) is 4.79 Å². The Labute approximate surface area is 170 Å². The van der Waals surface area contributed by atoms with Crippen molar-refractivity contribution in [1.29, 1.82) is 0 Å². The SMILES string of the molecule is C=C(C)C(=O)OC12CC3CC(CC(OCCCC4(CCCC)CCO4)(C3)C1)C2. The highest BCUT2D eigenvalue weighted by atomic mass is 16.6. The number of hydrogen-bond acceptors (Lipinski definition) is 4. The summed E-state index contributed by atoms with van der Waals surface area (Å²) in [5.41, 5.74) is 0.262. The minimum Gasteiger partial charge on any atom is -0.456 e. The maximum atomic E-state index is 12.3. The van der Waals surface area contributed by atoms with Gasteiger partial charge in [-0.2, -0.15) is 0 Å². The van der Waals surface area contributed by atoms with Crippen LogP contribution in [-0.4, -0.2) is 36.0 Å². The van der Waals surface area contributed by atoms with E-state index in [0.29, 0.717) is 17.4 Å². The summed E-state index contributed by atoms with van der Waals surface area (Å²) >= 11 is 0. The van der Waals surface area contributed by atoms with Crippen LogP contribution in [0.15, 0.2) is 12.2 Å². The maximum Gasteiger partial charge on any atom is 0.333 e. The van der Waals surface area contributed by atoms with Crippen LogP contribution >= 0.6 is 0 Å². The molecule has 158 valence electrons. The first-order valence-electron chi connectivity index (χ1n) is 11.5. The molecule has 5 fully saturated rings. The first-order chi connectivity index (χ1) is 13.4. The van der Waals surface area contributed by atoms with Crippen molar-refractivity contribution in [3.8, 4) is 0 Å². The molecule has 4 nitrogen and oxygen atoms in total. The lowest BCUT2D eigenvalue weighted by atomic mass is 9.52. The fourth-order valence-electron chi connectivity index (χ4n) is 6.76. The summed E-state index contributed by atoms with van der Waals surface area (Å²) < 4.78 is 18.6. The van der Waals surface area contributed by atoms with Gasteiger partial charge in [0.25, 0.3) is 0 Å². The number of unbranched alkanes of at least 4 members (excludes halogenated alkanes) is 1. The van der Waals surface area contributed by atoms with E-state index in [9.17, 15) is 4.79 Å². The third kappa shape index (κ3) is 4.05. The average molecular weight is 391 g/mol. The summed E-state index contributed by atoms with van der Waals surface area (Å²) in [7, 11) is 0. The van der Waals surface area contributed by atoms with Gasteiger partial charge in [-0.3, -0.25) is 0 Å². The Kier molecular flexibility index (Phi) is 5.65.